The Morgan fingerprint density at radius 3 is 2.50 bits per heavy atom. The average Bonchev–Trinajstić information content (AvgIpc) is 2.17. The number of methoxy groups -OCH3 is 1. The van der Waals surface area contributed by atoms with Gasteiger partial charge in [-0.05, 0) is 25.7 Å². The number of Topliss-reactive ketones (excluding diaryl/α,β-unsaturated/α-hetero) is 1. The Morgan fingerprint density at radius 2 is 2.12 bits per heavy atom. The number of hydrogen-bond donors (Lipinski definition) is 1. The van der Waals surface area contributed by atoms with Crippen LogP contribution in [0, 0.1) is 11.8 Å². The van der Waals surface area contributed by atoms with E-state index in [-0.39, 0.29) is 17.6 Å². The Bertz CT molecular complexity index is 262. The van der Waals surface area contributed by atoms with Gasteiger partial charge in [0.15, 0.2) is 12.1 Å². The summed E-state index contributed by atoms with van der Waals surface area (Å²) in [6, 6.07) is 0. The van der Waals surface area contributed by atoms with Gasteiger partial charge >= 0.3 is 0 Å². The highest BCUT2D eigenvalue weighted by atomic mass is 16.7. The Morgan fingerprint density at radius 1 is 1.56 bits per heavy atom. The van der Waals surface area contributed by atoms with Crippen molar-refractivity contribution >= 4 is 5.78 Å². The van der Waals surface area contributed by atoms with Crippen molar-refractivity contribution in [1.82, 2.24) is 0 Å². The maximum atomic E-state index is 11.5. The van der Waals surface area contributed by atoms with Crippen molar-refractivity contribution in [2.24, 2.45) is 11.8 Å². The van der Waals surface area contributed by atoms with E-state index in [2.05, 4.69) is 0 Å². The van der Waals surface area contributed by atoms with Gasteiger partial charge in [0, 0.05) is 7.11 Å². The molecule has 1 heterocycles. The summed E-state index contributed by atoms with van der Waals surface area (Å²) in [5.41, 5.74) is -1.05. The molecule has 0 amide bonds. The SMILES string of the molecule is CC[C@H]1[C@@H](C)[C@@H](C(C)=O)O[C@H](OC)[C@]1(C)O. The number of ketones is 1. The van der Waals surface area contributed by atoms with Crippen molar-refractivity contribution in [2.75, 3.05) is 7.11 Å². The summed E-state index contributed by atoms with van der Waals surface area (Å²) in [7, 11) is 1.49. The Balaban J connectivity index is 2.99. The van der Waals surface area contributed by atoms with Gasteiger partial charge in [-0.3, -0.25) is 4.79 Å². The van der Waals surface area contributed by atoms with E-state index in [1.54, 1.807) is 6.92 Å². The molecule has 0 bridgehead atoms. The summed E-state index contributed by atoms with van der Waals surface area (Å²) in [5, 5.41) is 10.4. The molecule has 0 aromatic heterocycles. The van der Waals surface area contributed by atoms with Gasteiger partial charge < -0.3 is 14.6 Å². The molecular weight excluding hydrogens is 208 g/mol. The summed E-state index contributed by atoms with van der Waals surface area (Å²) in [6.07, 6.45) is -0.418. The summed E-state index contributed by atoms with van der Waals surface area (Å²) in [6.45, 7) is 7.17. The molecule has 1 fully saturated rings. The van der Waals surface area contributed by atoms with Crippen LogP contribution in [0.1, 0.15) is 34.1 Å². The summed E-state index contributed by atoms with van der Waals surface area (Å²) < 4.78 is 10.7. The van der Waals surface area contributed by atoms with Gasteiger partial charge in [-0.2, -0.15) is 0 Å². The minimum absolute atomic E-state index is 0.0000926. The van der Waals surface area contributed by atoms with E-state index in [0.29, 0.717) is 0 Å². The molecule has 0 aromatic carbocycles. The fourth-order valence-electron chi connectivity index (χ4n) is 2.86. The van der Waals surface area contributed by atoms with Gasteiger partial charge in [-0.25, -0.2) is 0 Å². The summed E-state index contributed by atoms with van der Waals surface area (Å²) >= 11 is 0. The smallest absolute Gasteiger partial charge is 0.186 e. The lowest BCUT2D eigenvalue weighted by Crippen LogP contribution is -2.59. The maximum absolute atomic E-state index is 11.5. The third-order valence-corrected chi connectivity index (χ3v) is 3.66. The zero-order valence-electron chi connectivity index (χ0n) is 10.7. The number of ether oxygens (including phenoxy) is 2. The molecule has 0 aromatic rings. The van der Waals surface area contributed by atoms with Crippen molar-refractivity contribution < 1.29 is 19.4 Å². The number of carbonyl (C=O) groups is 1. The van der Waals surface area contributed by atoms with Crippen LogP contribution in [-0.2, 0) is 14.3 Å². The molecule has 0 aliphatic carbocycles. The van der Waals surface area contributed by atoms with Crippen LogP contribution in [0.25, 0.3) is 0 Å². The average molecular weight is 230 g/mol. The first-order valence-corrected chi connectivity index (χ1v) is 5.77. The topological polar surface area (TPSA) is 55.8 Å². The first kappa shape index (κ1) is 13.6. The van der Waals surface area contributed by atoms with E-state index in [1.807, 2.05) is 13.8 Å². The minimum Gasteiger partial charge on any atom is -0.385 e. The lowest BCUT2D eigenvalue weighted by atomic mass is 9.72. The van der Waals surface area contributed by atoms with E-state index in [1.165, 1.54) is 14.0 Å². The molecule has 0 unspecified atom stereocenters. The highest BCUT2D eigenvalue weighted by Crippen LogP contribution is 2.40. The zero-order chi connectivity index (χ0) is 12.5. The molecule has 4 nitrogen and oxygen atoms in total. The second kappa shape index (κ2) is 4.82. The van der Waals surface area contributed by atoms with Crippen LogP contribution in [0.15, 0.2) is 0 Å². The van der Waals surface area contributed by atoms with Crippen LogP contribution in [-0.4, -0.2) is 36.0 Å². The van der Waals surface area contributed by atoms with Gasteiger partial charge in [-0.1, -0.05) is 20.3 Å². The third kappa shape index (κ3) is 2.14. The lowest BCUT2D eigenvalue weighted by Gasteiger charge is -2.48. The van der Waals surface area contributed by atoms with E-state index in [0.717, 1.165) is 6.42 Å². The molecule has 4 heteroatoms. The Kier molecular flexibility index (Phi) is 4.10. The predicted molar refractivity (Wildman–Crippen MR) is 59.9 cm³/mol. The monoisotopic (exact) mass is 230 g/mol. The fourth-order valence-corrected chi connectivity index (χ4v) is 2.86. The van der Waals surface area contributed by atoms with Crippen LogP contribution in [0.2, 0.25) is 0 Å². The lowest BCUT2D eigenvalue weighted by molar-refractivity contribution is -0.297. The summed E-state index contributed by atoms with van der Waals surface area (Å²) in [5.74, 6) is -0.00694. The second-order valence-corrected chi connectivity index (χ2v) is 4.83. The van der Waals surface area contributed by atoms with Crippen LogP contribution < -0.4 is 0 Å². The van der Waals surface area contributed by atoms with E-state index in [4.69, 9.17) is 9.47 Å². The van der Waals surface area contributed by atoms with E-state index in [9.17, 15) is 9.90 Å². The molecule has 5 atom stereocenters. The van der Waals surface area contributed by atoms with Gasteiger partial charge in [-0.15, -0.1) is 0 Å². The van der Waals surface area contributed by atoms with Crippen molar-refractivity contribution in [2.45, 2.75) is 52.1 Å². The highest BCUT2D eigenvalue weighted by Gasteiger charge is 2.51. The predicted octanol–water partition coefficient (Wildman–Crippen LogP) is 1.36. The molecule has 1 aliphatic rings. The fraction of sp³-hybridized carbons (Fsp3) is 0.917. The van der Waals surface area contributed by atoms with Crippen LogP contribution in [0.3, 0.4) is 0 Å². The number of rotatable bonds is 3. The molecule has 1 aliphatic heterocycles. The van der Waals surface area contributed by atoms with Gasteiger partial charge in [0.25, 0.3) is 0 Å². The Labute approximate surface area is 96.9 Å². The maximum Gasteiger partial charge on any atom is 0.186 e. The second-order valence-electron chi connectivity index (χ2n) is 4.83. The standard InChI is InChI=1S/C12H22O4/c1-6-9-7(2)10(8(3)13)16-11(15-5)12(9,4)14/h7,9-11,14H,6H2,1-5H3/t7-,9+,10+,11+,12-/m1/s1. The number of carbonyl (C=O) groups excluding carboxylic acids is 1. The molecule has 0 saturated carbocycles. The Hall–Kier alpha value is -0.450. The first-order valence-electron chi connectivity index (χ1n) is 5.77. The molecule has 1 rings (SSSR count). The van der Waals surface area contributed by atoms with Crippen LogP contribution >= 0.6 is 0 Å². The highest BCUT2D eigenvalue weighted by molar-refractivity contribution is 5.81. The van der Waals surface area contributed by atoms with Gasteiger partial charge in [0.2, 0.25) is 0 Å². The van der Waals surface area contributed by atoms with Crippen molar-refractivity contribution in [1.29, 1.82) is 0 Å². The van der Waals surface area contributed by atoms with E-state index >= 15 is 0 Å². The largest absolute Gasteiger partial charge is 0.385 e. The van der Waals surface area contributed by atoms with E-state index < -0.39 is 18.0 Å². The number of hydrogen-bond acceptors (Lipinski definition) is 4. The van der Waals surface area contributed by atoms with Crippen LogP contribution in [0.5, 0.6) is 0 Å². The van der Waals surface area contributed by atoms with Crippen molar-refractivity contribution in [3.8, 4) is 0 Å². The molecule has 1 saturated heterocycles. The van der Waals surface area contributed by atoms with Gasteiger partial charge in [0.05, 0.1) is 0 Å². The first-order chi connectivity index (χ1) is 7.36. The summed E-state index contributed by atoms with van der Waals surface area (Å²) in [4.78, 5) is 11.5. The zero-order valence-corrected chi connectivity index (χ0v) is 10.7. The normalized spacial score (nSPS) is 44.4. The third-order valence-electron chi connectivity index (χ3n) is 3.66. The quantitative estimate of drug-likeness (QED) is 0.795. The molecule has 0 spiro atoms. The van der Waals surface area contributed by atoms with Crippen molar-refractivity contribution in [3.05, 3.63) is 0 Å². The molecule has 94 valence electrons. The van der Waals surface area contributed by atoms with Gasteiger partial charge in [0.1, 0.15) is 11.7 Å². The molecular formula is C12H22O4. The minimum atomic E-state index is -1.05. The molecule has 0 radical (unpaired) electrons. The molecule has 1 N–H and O–H groups in total. The molecule has 16 heavy (non-hydrogen) atoms. The van der Waals surface area contributed by atoms with Crippen LogP contribution in [0.4, 0.5) is 0 Å². The number of aliphatic hydroxyl groups is 1. The van der Waals surface area contributed by atoms with Crippen molar-refractivity contribution in [3.63, 3.8) is 0 Å².